The summed E-state index contributed by atoms with van der Waals surface area (Å²) in [6.07, 6.45) is 14.0. The molecule has 2 nitrogen and oxygen atoms in total. The molecule has 1 aliphatic rings. The van der Waals surface area contributed by atoms with Crippen LogP contribution in [0.5, 0.6) is 0 Å². The molecule has 0 aromatic rings. The molecule has 0 aromatic carbocycles. The van der Waals surface area contributed by atoms with Crippen LogP contribution >= 0.6 is 0 Å². The molecular weight excluding hydrogens is 255 g/mol. The van der Waals surface area contributed by atoms with E-state index in [0.29, 0.717) is 0 Å². The summed E-state index contributed by atoms with van der Waals surface area (Å²) in [7, 11) is 0. The fourth-order valence-electron chi connectivity index (χ4n) is 0.856. The third-order valence-corrected chi connectivity index (χ3v) is 1.33. The van der Waals surface area contributed by atoms with Gasteiger partial charge in [-0.25, -0.2) is 0 Å². The third-order valence-electron chi connectivity index (χ3n) is 1.33. The summed E-state index contributed by atoms with van der Waals surface area (Å²) in [4.78, 5) is 8.89. The van der Waals surface area contributed by atoms with Crippen molar-refractivity contribution in [2.24, 2.45) is 0 Å². The topological polar surface area (TPSA) is 40.1 Å². The van der Waals surface area contributed by atoms with Crippen molar-refractivity contribution in [2.75, 3.05) is 0 Å². The SMILES string of the molecule is C1=CCCC=CCC1.CC(=O)[O-].[Rh]. The maximum atomic E-state index is 8.89. The summed E-state index contributed by atoms with van der Waals surface area (Å²) in [6, 6.07) is 0. The van der Waals surface area contributed by atoms with Crippen LogP contribution in [-0.2, 0) is 24.3 Å². The molecule has 0 spiro atoms. The molecule has 0 N–H and O–H groups in total. The summed E-state index contributed by atoms with van der Waals surface area (Å²) in [5.41, 5.74) is 0. The van der Waals surface area contributed by atoms with E-state index in [9.17, 15) is 0 Å². The Bertz CT molecular complexity index is 144. The van der Waals surface area contributed by atoms with Gasteiger partial charge in [-0.15, -0.1) is 0 Å². The summed E-state index contributed by atoms with van der Waals surface area (Å²) >= 11 is 0. The average molecular weight is 270 g/mol. The molecule has 0 bridgehead atoms. The van der Waals surface area contributed by atoms with Crippen molar-refractivity contribution in [3.63, 3.8) is 0 Å². The summed E-state index contributed by atoms with van der Waals surface area (Å²) in [5, 5.41) is 8.89. The number of carbonyl (C=O) groups excluding carboxylic acids is 1. The first kappa shape index (κ1) is 15.1. The van der Waals surface area contributed by atoms with Crippen molar-refractivity contribution in [3.05, 3.63) is 24.3 Å². The van der Waals surface area contributed by atoms with Crippen molar-refractivity contribution >= 4 is 5.97 Å². The second-order valence-electron chi connectivity index (χ2n) is 2.59. The molecule has 1 aliphatic carbocycles. The van der Waals surface area contributed by atoms with Crippen LogP contribution in [0.3, 0.4) is 0 Å². The molecule has 0 fully saturated rings. The van der Waals surface area contributed by atoms with Gasteiger partial charge in [-0.3, -0.25) is 0 Å². The van der Waals surface area contributed by atoms with Gasteiger partial charge in [0.25, 0.3) is 0 Å². The zero-order chi connectivity index (χ0) is 9.23. The Morgan fingerprint density at radius 2 is 1.15 bits per heavy atom. The molecule has 0 saturated heterocycles. The molecule has 0 amide bonds. The number of carboxylic acid groups (broad SMARTS) is 1. The number of carboxylic acids is 1. The van der Waals surface area contributed by atoms with Crippen LogP contribution in [0.4, 0.5) is 0 Å². The van der Waals surface area contributed by atoms with E-state index in [1.54, 1.807) is 0 Å². The quantitative estimate of drug-likeness (QED) is 0.493. The van der Waals surface area contributed by atoms with E-state index in [2.05, 4.69) is 24.3 Å². The second-order valence-corrected chi connectivity index (χ2v) is 2.59. The van der Waals surface area contributed by atoms with Gasteiger partial charge >= 0.3 is 0 Å². The molecule has 0 aromatic heterocycles. The predicted octanol–water partition coefficient (Wildman–Crippen LogP) is 1.43. The van der Waals surface area contributed by atoms with Crippen molar-refractivity contribution < 1.29 is 29.4 Å². The maximum Gasteiger partial charge on any atom is 0.0383 e. The van der Waals surface area contributed by atoms with E-state index < -0.39 is 5.97 Å². The number of carbonyl (C=O) groups is 1. The largest absolute Gasteiger partial charge is 0.550 e. The second kappa shape index (κ2) is 11.6. The molecule has 0 unspecified atom stereocenters. The fourth-order valence-corrected chi connectivity index (χ4v) is 0.856. The Morgan fingerprint density at radius 1 is 1.00 bits per heavy atom. The first-order chi connectivity index (χ1) is 5.73. The summed E-state index contributed by atoms with van der Waals surface area (Å²) < 4.78 is 0. The zero-order valence-electron chi connectivity index (χ0n) is 7.79. The van der Waals surface area contributed by atoms with Gasteiger partial charge in [0.15, 0.2) is 0 Å². The summed E-state index contributed by atoms with van der Waals surface area (Å²) in [5.74, 6) is -1.08. The maximum absolute atomic E-state index is 8.89. The minimum atomic E-state index is -1.08. The molecule has 1 rings (SSSR count). The van der Waals surface area contributed by atoms with Gasteiger partial charge in [-0.1, -0.05) is 24.3 Å². The number of hydrogen-bond acceptors (Lipinski definition) is 2. The Hall–Kier alpha value is -0.427. The van der Waals surface area contributed by atoms with Crippen molar-refractivity contribution in [1.82, 2.24) is 0 Å². The third kappa shape index (κ3) is 18.5. The van der Waals surface area contributed by atoms with Gasteiger partial charge in [0.05, 0.1) is 0 Å². The van der Waals surface area contributed by atoms with Gasteiger partial charge in [0, 0.05) is 25.4 Å². The molecule has 0 aliphatic heterocycles. The van der Waals surface area contributed by atoms with Crippen LogP contribution < -0.4 is 5.11 Å². The monoisotopic (exact) mass is 270 g/mol. The zero-order valence-corrected chi connectivity index (χ0v) is 9.43. The predicted molar refractivity (Wildman–Crippen MR) is 47.4 cm³/mol. The Kier molecular flexibility index (Phi) is 13.4. The number of hydrogen-bond donors (Lipinski definition) is 0. The van der Waals surface area contributed by atoms with Crippen LogP contribution in [0, 0.1) is 0 Å². The first-order valence-corrected chi connectivity index (χ1v) is 4.21. The van der Waals surface area contributed by atoms with Crippen molar-refractivity contribution in [1.29, 1.82) is 0 Å². The van der Waals surface area contributed by atoms with E-state index in [0.717, 1.165) is 6.92 Å². The van der Waals surface area contributed by atoms with Gasteiger partial charge in [-0.05, 0) is 32.6 Å². The average Bonchev–Trinajstić information content (AvgIpc) is 1.82. The van der Waals surface area contributed by atoms with E-state index in [1.807, 2.05) is 0 Å². The van der Waals surface area contributed by atoms with E-state index in [1.165, 1.54) is 25.7 Å². The normalized spacial score (nSPS) is 14.2. The fraction of sp³-hybridized carbons (Fsp3) is 0.500. The molecule has 0 heterocycles. The van der Waals surface area contributed by atoms with Crippen LogP contribution in [-0.4, -0.2) is 5.97 Å². The summed E-state index contributed by atoms with van der Waals surface area (Å²) in [6.45, 7) is 0.972. The van der Waals surface area contributed by atoms with E-state index in [-0.39, 0.29) is 19.5 Å². The van der Waals surface area contributed by atoms with E-state index in [4.69, 9.17) is 9.90 Å². The molecule has 77 valence electrons. The van der Waals surface area contributed by atoms with Crippen LogP contribution in [0.15, 0.2) is 24.3 Å². The molecule has 0 atom stereocenters. The molecule has 13 heavy (non-hydrogen) atoms. The van der Waals surface area contributed by atoms with Crippen LogP contribution in [0.2, 0.25) is 0 Å². The van der Waals surface area contributed by atoms with Gasteiger partial charge in [-0.2, -0.15) is 0 Å². The Morgan fingerprint density at radius 3 is 1.31 bits per heavy atom. The smallest absolute Gasteiger partial charge is 0.0383 e. The molecule has 3 heteroatoms. The first-order valence-electron chi connectivity index (χ1n) is 4.21. The number of rotatable bonds is 0. The van der Waals surface area contributed by atoms with Crippen molar-refractivity contribution in [2.45, 2.75) is 32.6 Å². The van der Waals surface area contributed by atoms with Crippen molar-refractivity contribution in [3.8, 4) is 0 Å². The standard InChI is InChI=1S/C8H12.C2H4O2.Rh/c1-2-4-6-8-7-5-3-1;1-2(3)4;/h1-2,7-8H,3-6H2;1H3,(H,3,4);/p-1. The van der Waals surface area contributed by atoms with Gasteiger partial charge in [0.1, 0.15) is 0 Å². The van der Waals surface area contributed by atoms with Gasteiger partial charge < -0.3 is 9.90 Å². The number of allylic oxidation sites excluding steroid dienone is 4. The van der Waals surface area contributed by atoms with Gasteiger partial charge in [0.2, 0.25) is 0 Å². The minimum absolute atomic E-state index is 0. The Labute approximate surface area is 92.5 Å². The molecular formula is C10H15O2Rh-. The van der Waals surface area contributed by atoms with E-state index >= 15 is 0 Å². The molecule has 0 saturated carbocycles. The Balaban J connectivity index is 0. The number of aliphatic carboxylic acids is 1. The van der Waals surface area contributed by atoms with Crippen LogP contribution in [0.1, 0.15) is 32.6 Å². The van der Waals surface area contributed by atoms with Crippen LogP contribution in [0.25, 0.3) is 0 Å². The minimum Gasteiger partial charge on any atom is -0.550 e. The molecule has 1 radical (unpaired) electrons.